The van der Waals surface area contributed by atoms with Crippen molar-refractivity contribution >= 4 is 18.3 Å². The molecule has 2 heterocycles. The molecule has 0 saturated carbocycles. The van der Waals surface area contributed by atoms with Crippen molar-refractivity contribution < 1.29 is 9.31 Å². The van der Waals surface area contributed by atoms with Crippen LogP contribution >= 0.6 is 0 Å². The molecular formula is C15H22BNO2. The Morgan fingerprint density at radius 2 is 1.79 bits per heavy atom. The highest BCUT2D eigenvalue weighted by Crippen LogP contribution is 2.36. The van der Waals surface area contributed by atoms with Crippen molar-refractivity contribution in [3.05, 3.63) is 23.8 Å². The highest BCUT2D eigenvalue weighted by Gasteiger charge is 2.51. The van der Waals surface area contributed by atoms with Gasteiger partial charge in [0, 0.05) is 12.2 Å². The Balaban J connectivity index is 1.88. The van der Waals surface area contributed by atoms with Crippen LogP contribution in [0.25, 0.3) is 0 Å². The van der Waals surface area contributed by atoms with E-state index in [1.807, 2.05) is 0 Å². The van der Waals surface area contributed by atoms with Crippen molar-refractivity contribution in [3.63, 3.8) is 0 Å². The SMILES string of the molecule is CC1(C)OB(c2ccc3c(c2)NCCC3)OC1(C)C. The summed E-state index contributed by atoms with van der Waals surface area (Å²) >= 11 is 0. The first-order valence-electron chi connectivity index (χ1n) is 7.11. The molecule has 102 valence electrons. The monoisotopic (exact) mass is 259 g/mol. The molecule has 0 amide bonds. The van der Waals surface area contributed by atoms with Crippen molar-refractivity contribution in [2.45, 2.75) is 51.7 Å². The third-order valence-electron chi connectivity index (χ3n) is 4.60. The lowest BCUT2D eigenvalue weighted by molar-refractivity contribution is 0.00578. The normalized spacial score (nSPS) is 23.9. The molecular weight excluding hydrogens is 237 g/mol. The van der Waals surface area contributed by atoms with E-state index in [9.17, 15) is 0 Å². The lowest BCUT2D eigenvalue weighted by atomic mass is 9.78. The van der Waals surface area contributed by atoms with Crippen LogP contribution in [0.2, 0.25) is 0 Å². The molecule has 3 rings (SSSR count). The largest absolute Gasteiger partial charge is 0.494 e. The van der Waals surface area contributed by atoms with Crippen molar-refractivity contribution in [3.8, 4) is 0 Å². The summed E-state index contributed by atoms with van der Waals surface area (Å²) in [6.45, 7) is 9.40. The zero-order valence-corrected chi connectivity index (χ0v) is 12.2. The zero-order chi connectivity index (χ0) is 13.7. The summed E-state index contributed by atoms with van der Waals surface area (Å²) in [4.78, 5) is 0. The second-order valence-corrected chi connectivity index (χ2v) is 6.54. The highest BCUT2D eigenvalue weighted by molar-refractivity contribution is 6.62. The van der Waals surface area contributed by atoms with Gasteiger partial charge in [0.15, 0.2) is 0 Å². The Morgan fingerprint density at radius 1 is 1.11 bits per heavy atom. The molecule has 1 fully saturated rings. The molecule has 0 unspecified atom stereocenters. The summed E-state index contributed by atoms with van der Waals surface area (Å²) < 4.78 is 12.2. The van der Waals surface area contributed by atoms with Crippen LogP contribution in [0.1, 0.15) is 39.7 Å². The van der Waals surface area contributed by atoms with E-state index in [2.05, 4.69) is 51.2 Å². The summed E-state index contributed by atoms with van der Waals surface area (Å²) in [5.41, 5.74) is 3.18. The van der Waals surface area contributed by atoms with E-state index in [1.165, 1.54) is 17.7 Å². The molecule has 0 spiro atoms. The molecule has 0 aromatic heterocycles. The summed E-state index contributed by atoms with van der Waals surface area (Å²) in [5, 5.41) is 3.46. The second kappa shape index (κ2) is 4.25. The fraction of sp³-hybridized carbons (Fsp3) is 0.600. The third kappa shape index (κ3) is 2.17. The molecule has 1 N–H and O–H groups in total. The van der Waals surface area contributed by atoms with E-state index in [0.29, 0.717) is 0 Å². The molecule has 2 aliphatic rings. The lowest BCUT2D eigenvalue weighted by Crippen LogP contribution is -2.41. The molecule has 19 heavy (non-hydrogen) atoms. The molecule has 2 aliphatic heterocycles. The van der Waals surface area contributed by atoms with Crippen LogP contribution in [0.15, 0.2) is 18.2 Å². The van der Waals surface area contributed by atoms with Crippen LogP contribution in [-0.4, -0.2) is 24.9 Å². The van der Waals surface area contributed by atoms with E-state index in [-0.39, 0.29) is 18.3 Å². The average Bonchev–Trinajstić information content (AvgIpc) is 2.58. The van der Waals surface area contributed by atoms with E-state index in [4.69, 9.17) is 9.31 Å². The highest BCUT2D eigenvalue weighted by atomic mass is 16.7. The molecule has 0 radical (unpaired) electrons. The number of benzene rings is 1. The van der Waals surface area contributed by atoms with Gasteiger partial charge in [-0.05, 0) is 57.6 Å². The minimum atomic E-state index is -0.277. The molecule has 1 aromatic rings. The van der Waals surface area contributed by atoms with Crippen LogP contribution in [-0.2, 0) is 15.7 Å². The van der Waals surface area contributed by atoms with Gasteiger partial charge < -0.3 is 14.6 Å². The van der Waals surface area contributed by atoms with Crippen LogP contribution in [0.5, 0.6) is 0 Å². The van der Waals surface area contributed by atoms with Gasteiger partial charge in [-0.1, -0.05) is 12.1 Å². The van der Waals surface area contributed by atoms with E-state index in [0.717, 1.165) is 18.4 Å². The third-order valence-corrected chi connectivity index (χ3v) is 4.60. The smallest absolute Gasteiger partial charge is 0.399 e. The van der Waals surface area contributed by atoms with Crippen LogP contribution < -0.4 is 10.8 Å². The lowest BCUT2D eigenvalue weighted by Gasteiger charge is -2.32. The molecule has 0 atom stereocenters. The van der Waals surface area contributed by atoms with Gasteiger partial charge in [0.1, 0.15) is 0 Å². The number of fused-ring (bicyclic) bond motifs is 1. The first-order valence-corrected chi connectivity index (χ1v) is 7.11. The molecule has 0 bridgehead atoms. The molecule has 1 aromatic carbocycles. The molecule has 1 saturated heterocycles. The molecule has 3 nitrogen and oxygen atoms in total. The van der Waals surface area contributed by atoms with Gasteiger partial charge in [-0.25, -0.2) is 0 Å². The standard InChI is InChI=1S/C15H22BNO2/c1-14(2)15(3,4)19-16(18-14)12-8-7-11-6-5-9-17-13(11)10-12/h7-8,10,17H,5-6,9H2,1-4H3. The Hall–Kier alpha value is -0.995. The first kappa shape index (κ1) is 13.0. The summed E-state index contributed by atoms with van der Waals surface area (Å²) in [7, 11) is -0.265. The first-order chi connectivity index (χ1) is 8.89. The topological polar surface area (TPSA) is 30.5 Å². The van der Waals surface area contributed by atoms with Crippen LogP contribution in [0.4, 0.5) is 5.69 Å². The number of hydrogen-bond donors (Lipinski definition) is 1. The quantitative estimate of drug-likeness (QED) is 0.785. The number of nitrogens with one attached hydrogen (secondary N) is 1. The number of hydrogen-bond acceptors (Lipinski definition) is 3. The molecule has 0 aliphatic carbocycles. The van der Waals surface area contributed by atoms with Gasteiger partial charge in [-0.15, -0.1) is 0 Å². The van der Waals surface area contributed by atoms with Crippen LogP contribution in [0, 0.1) is 0 Å². The Kier molecular flexibility index (Phi) is 2.91. The van der Waals surface area contributed by atoms with Gasteiger partial charge in [0.25, 0.3) is 0 Å². The summed E-state index contributed by atoms with van der Waals surface area (Å²) in [6, 6.07) is 6.51. The van der Waals surface area contributed by atoms with Gasteiger partial charge >= 0.3 is 7.12 Å². The maximum atomic E-state index is 6.09. The summed E-state index contributed by atoms with van der Waals surface area (Å²) in [6.07, 6.45) is 2.37. The van der Waals surface area contributed by atoms with Gasteiger partial charge in [0.2, 0.25) is 0 Å². The van der Waals surface area contributed by atoms with Crippen molar-refractivity contribution in [2.75, 3.05) is 11.9 Å². The predicted molar refractivity (Wildman–Crippen MR) is 79.0 cm³/mol. The maximum absolute atomic E-state index is 6.09. The summed E-state index contributed by atoms with van der Waals surface area (Å²) in [5.74, 6) is 0. The van der Waals surface area contributed by atoms with E-state index in [1.54, 1.807) is 0 Å². The second-order valence-electron chi connectivity index (χ2n) is 6.54. The Morgan fingerprint density at radius 3 is 2.47 bits per heavy atom. The van der Waals surface area contributed by atoms with Crippen molar-refractivity contribution in [1.29, 1.82) is 0 Å². The van der Waals surface area contributed by atoms with Crippen LogP contribution in [0.3, 0.4) is 0 Å². The number of anilines is 1. The van der Waals surface area contributed by atoms with Crippen molar-refractivity contribution in [1.82, 2.24) is 0 Å². The van der Waals surface area contributed by atoms with Gasteiger partial charge in [-0.3, -0.25) is 0 Å². The van der Waals surface area contributed by atoms with E-state index < -0.39 is 0 Å². The maximum Gasteiger partial charge on any atom is 0.494 e. The minimum Gasteiger partial charge on any atom is -0.399 e. The fourth-order valence-electron chi connectivity index (χ4n) is 2.60. The minimum absolute atomic E-state index is 0.265. The number of rotatable bonds is 1. The van der Waals surface area contributed by atoms with Crippen molar-refractivity contribution in [2.24, 2.45) is 0 Å². The number of aryl methyl sites for hydroxylation is 1. The predicted octanol–water partition coefficient (Wildman–Crippen LogP) is 2.34. The fourth-order valence-corrected chi connectivity index (χ4v) is 2.60. The van der Waals surface area contributed by atoms with E-state index >= 15 is 0 Å². The van der Waals surface area contributed by atoms with Gasteiger partial charge in [0.05, 0.1) is 11.2 Å². The van der Waals surface area contributed by atoms with Gasteiger partial charge in [-0.2, -0.15) is 0 Å². The Bertz CT molecular complexity index is 483. The zero-order valence-electron chi connectivity index (χ0n) is 12.2. The Labute approximate surface area is 115 Å². The molecule has 4 heteroatoms. The average molecular weight is 259 g/mol.